The van der Waals surface area contributed by atoms with Crippen LogP contribution in [0.25, 0.3) is 10.1 Å². The van der Waals surface area contributed by atoms with Gasteiger partial charge in [0.1, 0.15) is 0 Å². The molecule has 0 aliphatic heterocycles. The molecule has 0 spiro atoms. The lowest BCUT2D eigenvalue weighted by Crippen LogP contribution is -2.20. The van der Waals surface area contributed by atoms with Crippen LogP contribution in [-0.4, -0.2) is 11.1 Å². The van der Waals surface area contributed by atoms with Crippen molar-refractivity contribution in [2.24, 2.45) is 5.92 Å². The van der Waals surface area contributed by atoms with E-state index in [0.717, 1.165) is 17.9 Å². The highest BCUT2D eigenvalue weighted by molar-refractivity contribution is 7.19. The molecular weight excluding hydrogens is 256 g/mol. The third-order valence-electron chi connectivity index (χ3n) is 3.36. The Bertz CT molecular complexity index is 603. The zero-order valence-electron chi connectivity index (χ0n) is 9.07. The molecular formula is C13H11ClO2S. The quantitative estimate of drug-likeness (QED) is 0.854. The van der Waals surface area contributed by atoms with E-state index in [2.05, 4.69) is 0 Å². The van der Waals surface area contributed by atoms with Crippen molar-refractivity contribution in [2.75, 3.05) is 0 Å². The molecule has 0 saturated heterocycles. The summed E-state index contributed by atoms with van der Waals surface area (Å²) in [5, 5.41) is 11.0. The summed E-state index contributed by atoms with van der Waals surface area (Å²) in [6.45, 7) is 0. The molecule has 2 nitrogen and oxygen atoms in total. The second-order valence-corrected chi connectivity index (χ2v) is 6.00. The van der Waals surface area contributed by atoms with Crippen LogP contribution in [0.15, 0.2) is 18.2 Å². The van der Waals surface area contributed by atoms with E-state index in [1.165, 1.54) is 20.5 Å². The number of rotatable bonds is 1. The average molecular weight is 267 g/mol. The van der Waals surface area contributed by atoms with Crippen molar-refractivity contribution in [1.82, 2.24) is 0 Å². The number of carboxylic acid groups (broad SMARTS) is 1. The van der Waals surface area contributed by atoms with E-state index in [4.69, 9.17) is 16.7 Å². The zero-order chi connectivity index (χ0) is 12.0. The summed E-state index contributed by atoms with van der Waals surface area (Å²) >= 11 is 7.72. The van der Waals surface area contributed by atoms with Crippen LogP contribution in [0.5, 0.6) is 0 Å². The lowest BCUT2D eigenvalue weighted by atomic mass is 9.88. The van der Waals surface area contributed by atoms with Crippen LogP contribution in [0, 0.1) is 5.92 Å². The summed E-state index contributed by atoms with van der Waals surface area (Å²) in [5.74, 6) is -0.892. The smallest absolute Gasteiger partial charge is 0.306 e. The van der Waals surface area contributed by atoms with Gasteiger partial charge in [0, 0.05) is 14.6 Å². The maximum absolute atomic E-state index is 11.0. The van der Waals surface area contributed by atoms with Gasteiger partial charge in [-0.3, -0.25) is 4.79 Å². The molecule has 1 aromatic heterocycles. The van der Waals surface area contributed by atoms with E-state index >= 15 is 0 Å². The van der Waals surface area contributed by atoms with Gasteiger partial charge in [0.15, 0.2) is 0 Å². The van der Waals surface area contributed by atoms with Gasteiger partial charge in [-0.15, -0.1) is 11.3 Å². The highest BCUT2D eigenvalue weighted by Crippen LogP contribution is 2.39. The number of benzene rings is 1. The summed E-state index contributed by atoms with van der Waals surface area (Å²) in [6, 6.07) is 5.91. The first-order valence-electron chi connectivity index (χ1n) is 5.58. The van der Waals surface area contributed by atoms with E-state index < -0.39 is 5.97 Å². The normalized spacial score (nSPS) is 19.2. The molecule has 0 amide bonds. The SMILES string of the molecule is O=C(O)C1CCc2c(sc3ccc(Cl)cc23)C1. The molecule has 1 N–H and O–H groups in total. The van der Waals surface area contributed by atoms with E-state index in [-0.39, 0.29) is 5.92 Å². The number of aliphatic carboxylic acids is 1. The van der Waals surface area contributed by atoms with Crippen LogP contribution in [-0.2, 0) is 17.6 Å². The standard InChI is InChI=1S/C13H11ClO2S/c14-8-2-4-11-10(6-8)9-3-1-7(13(15)16)5-12(9)17-11/h2,4,6-7H,1,3,5H2,(H,15,16). The van der Waals surface area contributed by atoms with Gasteiger partial charge < -0.3 is 5.11 Å². The first-order chi connectivity index (χ1) is 8.15. The predicted molar refractivity (Wildman–Crippen MR) is 70.0 cm³/mol. The fourth-order valence-corrected chi connectivity index (χ4v) is 3.95. The number of hydrogen-bond donors (Lipinski definition) is 1. The van der Waals surface area contributed by atoms with E-state index in [0.29, 0.717) is 6.42 Å². The van der Waals surface area contributed by atoms with Crippen molar-refractivity contribution in [1.29, 1.82) is 0 Å². The largest absolute Gasteiger partial charge is 0.481 e. The van der Waals surface area contributed by atoms with Crippen LogP contribution >= 0.6 is 22.9 Å². The number of thiophene rings is 1. The molecule has 0 fully saturated rings. The van der Waals surface area contributed by atoms with Crippen LogP contribution in [0.1, 0.15) is 16.9 Å². The Balaban J connectivity index is 2.10. The van der Waals surface area contributed by atoms with Gasteiger partial charge >= 0.3 is 5.97 Å². The molecule has 1 aromatic carbocycles. The van der Waals surface area contributed by atoms with Crippen LogP contribution in [0.3, 0.4) is 0 Å². The Labute approximate surface area is 108 Å². The van der Waals surface area contributed by atoms with E-state index in [1.807, 2.05) is 18.2 Å². The summed E-state index contributed by atoms with van der Waals surface area (Å²) in [6.07, 6.45) is 2.26. The van der Waals surface area contributed by atoms with Crippen molar-refractivity contribution in [3.8, 4) is 0 Å². The molecule has 1 heterocycles. The maximum atomic E-state index is 11.0. The van der Waals surface area contributed by atoms with Crippen molar-refractivity contribution in [3.05, 3.63) is 33.7 Å². The van der Waals surface area contributed by atoms with Crippen LogP contribution in [0.2, 0.25) is 5.02 Å². The number of carboxylic acids is 1. The molecule has 1 aliphatic rings. The minimum absolute atomic E-state index is 0.217. The Kier molecular flexibility index (Phi) is 2.60. The topological polar surface area (TPSA) is 37.3 Å². The molecule has 1 atom stereocenters. The monoisotopic (exact) mass is 266 g/mol. The van der Waals surface area contributed by atoms with Crippen molar-refractivity contribution in [3.63, 3.8) is 0 Å². The molecule has 0 radical (unpaired) electrons. The molecule has 2 aromatic rings. The molecule has 17 heavy (non-hydrogen) atoms. The van der Waals surface area contributed by atoms with Gasteiger partial charge in [-0.2, -0.15) is 0 Å². The van der Waals surface area contributed by atoms with Gasteiger partial charge in [0.2, 0.25) is 0 Å². The first kappa shape index (κ1) is 11.1. The van der Waals surface area contributed by atoms with Gasteiger partial charge in [-0.05, 0) is 48.4 Å². The summed E-state index contributed by atoms with van der Waals surface area (Å²) in [7, 11) is 0. The summed E-state index contributed by atoms with van der Waals surface area (Å²) in [5.41, 5.74) is 1.31. The number of hydrogen-bond acceptors (Lipinski definition) is 2. The Morgan fingerprint density at radius 1 is 1.47 bits per heavy atom. The third kappa shape index (κ3) is 1.83. The fourth-order valence-electron chi connectivity index (χ4n) is 2.47. The van der Waals surface area contributed by atoms with Crippen LogP contribution in [0.4, 0.5) is 0 Å². The highest BCUT2D eigenvalue weighted by atomic mass is 35.5. The molecule has 3 rings (SSSR count). The number of halogens is 1. The average Bonchev–Trinajstić information content (AvgIpc) is 2.66. The zero-order valence-corrected chi connectivity index (χ0v) is 10.6. The predicted octanol–water partition coefficient (Wildman–Crippen LogP) is 3.74. The van der Waals surface area contributed by atoms with Crippen molar-refractivity contribution < 1.29 is 9.90 Å². The fraction of sp³-hybridized carbons (Fsp3) is 0.308. The van der Waals surface area contributed by atoms with Gasteiger partial charge in [0.05, 0.1) is 5.92 Å². The molecule has 0 saturated carbocycles. The molecule has 1 unspecified atom stereocenters. The number of fused-ring (bicyclic) bond motifs is 3. The number of aryl methyl sites for hydroxylation is 1. The minimum Gasteiger partial charge on any atom is -0.481 e. The second kappa shape index (κ2) is 4.00. The summed E-state index contributed by atoms with van der Waals surface area (Å²) < 4.78 is 1.21. The second-order valence-electron chi connectivity index (χ2n) is 4.42. The molecule has 1 aliphatic carbocycles. The Morgan fingerprint density at radius 3 is 3.06 bits per heavy atom. The minimum atomic E-state index is -0.675. The maximum Gasteiger partial charge on any atom is 0.306 e. The van der Waals surface area contributed by atoms with E-state index in [1.54, 1.807) is 11.3 Å². The lowest BCUT2D eigenvalue weighted by Gasteiger charge is -2.18. The molecule has 0 bridgehead atoms. The highest BCUT2D eigenvalue weighted by Gasteiger charge is 2.27. The van der Waals surface area contributed by atoms with Gasteiger partial charge in [0.25, 0.3) is 0 Å². The van der Waals surface area contributed by atoms with E-state index in [9.17, 15) is 4.79 Å². The van der Waals surface area contributed by atoms with Crippen molar-refractivity contribution >= 4 is 39.0 Å². The van der Waals surface area contributed by atoms with Crippen LogP contribution < -0.4 is 0 Å². The Hall–Kier alpha value is -1.06. The first-order valence-corrected chi connectivity index (χ1v) is 6.77. The molecule has 88 valence electrons. The van der Waals surface area contributed by atoms with Gasteiger partial charge in [-0.1, -0.05) is 11.6 Å². The van der Waals surface area contributed by atoms with Crippen molar-refractivity contribution in [2.45, 2.75) is 19.3 Å². The Morgan fingerprint density at radius 2 is 2.29 bits per heavy atom. The summed E-state index contributed by atoms with van der Waals surface area (Å²) in [4.78, 5) is 12.2. The van der Waals surface area contributed by atoms with Gasteiger partial charge in [-0.25, -0.2) is 0 Å². The molecule has 4 heteroatoms. The third-order valence-corrected chi connectivity index (χ3v) is 4.83. The lowest BCUT2D eigenvalue weighted by molar-refractivity contribution is -0.142. The number of carbonyl (C=O) groups is 1.